The Morgan fingerprint density at radius 1 is 2.00 bits per heavy atom. The lowest BCUT2D eigenvalue weighted by Gasteiger charge is -1.23. The molecule has 0 aromatic rings. The first-order valence-corrected chi connectivity index (χ1v) is 0.789. The monoisotopic (exact) mass is 78.0 g/mol. The van der Waals surface area contributed by atoms with Crippen LogP contribution >= 0.6 is 12.4 Å². The van der Waals surface area contributed by atoms with Gasteiger partial charge in [-0.15, -0.1) is 24.8 Å². The van der Waals surface area contributed by atoms with Crippen LogP contribution in [0.3, 0.4) is 0 Å². The highest BCUT2D eigenvalue weighted by molar-refractivity contribution is 5.85. The second-order valence-corrected chi connectivity index (χ2v) is 0.289. The van der Waals surface area contributed by atoms with Crippen molar-refractivity contribution < 1.29 is 1.43 Å². The van der Waals surface area contributed by atoms with E-state index in [2.05, 4.69) is 12.3 Å². The molecule has 26 valence electrons. The molecule has 0 fully saturated rings. The molecular formula is C3H7Cl. The third-order valence-electron chi connectivity index (χ3n) is 0. The molecule has 0 bridgehead atoms. The van der Waals surface area contributed by atoms with Gasteiger partial charge in [0.15, 0.2) is 0 Å². The predicted molar refractivity (Wildman–Crippen MR) is 23.9 cm³/mol. The Labute approximate surface area is 34.1 Å². The van der Waals surface area contributed by atoms with Crippen LogP contribution in [0.4, 0.5) is 0 Å². The fraction of sp³-hybridized carbons (Fsp3) is 0.333. The van der Waals surface area contributed by atoms with Crippen LogP contribution in [0.25, 0.3) is 0 Å². The van der Waals surface area contributed by atoms with Crippen molar-refractivity contribution in [2.75, 3.05) is 0 Å². The molecule has 0 saturated carbocycles. The van der Waals surface area contributed by atoms with Crippen LogP contribution < -0.4 is 0 Å². The van der Waals surface area contributed by atoms with E-state index in [0.29, 0.717) is 0 Å². The molecule has 0 unspecified atom stereocenters. The van der Waals surface area contributed by atoms with Crippen LogP contribution in [0.15, 0.2) is 0 Å². The van der Waals surface area contributed by atoms with Crippen LogP contribution in [-0.4, -0.2) is 0 Å². The first-order valence-electron chi connectivity index (χ1n) is 0.789. The summed E-state index contributed by atoms with van der Waals surface area (Å²) in [5, 5.41) is 0. The van der Waals surface area contributed by atoms with E-state index in [4.69, 9.17) is 0 Å². The zero-order valence-electron chi connectivity index (χ0n) is 2.49. The van der Waals surface area contributed by atoms with Crippen molar-refractivity contribution in [3.63, 3.8) is 0 Å². The topological polar surface area (TPSA) is 0 Å². The smallest absolute Gasteiger partial charge is 0 e. The summed E-state index contributed by atoms with van der Waals surface area (Å²) in [4.78, 5) is 0. The quantitative estimate of drug-likeness (QED) is 0.383. The minimum absolute atomic E-state index is 0. The Morgan fingerprint density at radius 3 is 2.00 bits per heavy atom. The third kappa shape index (κ3) is 59.4. The van der Waals surface area contributed by atoms with Crippen LogP contribution in [0.1, 0.15) is 8.35 Å². The highest BCUT2D eigenvalue weighted by atomic mass is 35.5. The van der Waals surface area contributed by atoms with Crippen LogP contribution in [0, 0.1) is 12.3 Å². The molecule has 0 atom stereocenters. The number of terminal acetylenes is 1. The summed E-state index contributed by atoms with van der Waals surface area (Å²) in [6.07, 6.45) is 4.60. The van der Waals surface area contributed by atoms with Gasteiger partial charge < -0.3 is 0 Å². The Hall–Kier alpha value is -0.150. The van der Waals surface area contributed by atoms with Gasteiger partial charge in [0.2, 0.25) is 0 Å². The maximum Gasteiger partial charge on any atom is 0 e. The van der Waals surface area contributed by atoms with Crippen molar-refractivity contribution in [2.45, 2.75) is 6.92 Å². The molecule has 1 heteroatoms. The second-order valence-electron chi connectivity index (χ2n) is 0.289. The largest absolute Gasteiger partial charge is 0.147 e. The molecule has 0 aliphatic rings. The SMILES string of the molecule is C#CC.Cl.[HH]. The summed E-state index contributed by atoms with van der Waals surface area (Å²) < 4.78 is 0. The summed E-state index contributed by atoms with van der Waals surface area (Å²) >= 11 is 0. The average Bonchev–Trinajstić information content (AvgIpc) is 0.918. The molecule has 4 heavy (non-hydrogen) atoms. The standard InChI is InChI=1S/C3H4.ClH.H2/c1-3-2;;/h1H,2H3;2*1H. The molecule has 0 aromatic heterocycles. The zero-order chi connectivity index (χ0) is 2.71. The number of hydrogen-bond acceptors (Lipinski definition) is 0. The molecule has 0 spiro atoms. The van der Waals surface area contributed by atoms with Crippen molar-refractivity contribution >= 4 is 12.4 Å². The normalized spacial score (nSPS) is 2.00. The summed E-state index contributed by atoms with van der Waals surface area (Å²) in [5.74, 6) is 2.25. The third-order valence-corrected chi connectivity index (χ3v) is 0. The van der Waals surface area contributed by atoms with Gasteiger partial charge in [0, 0.05) is 1.43 Å². The molecule has 0 rings (SSSR count). The summed E-state index contributed by atoms with van der Waals surface area (Å²) in [5.41, 5.74) is 0. The van der Waals surface area contributed by atoms with Gasteiger partial charge in [-0.25, -0.2) is 0 Å². The number of rotatable bonds is 0. The van der Waals surface area contributed by atoms with Gasteiger partial charge in [-0.1, -0.05) is 0 Å². The van der Waals surface area contributed by atoms with Crippen LogP contribution in [-0.2, 0) is 0 Å². The van der Waals surface area contributed by atoms with Gasteiger partial charge >= 0.3 is 0 Å². The van der Waals surface area contributed by atoms with Gasteiger partial charge in [-0.2, -0.15) is 0 Å². The van der Waals surface area contributed by atoms with Crippen molar-refractivity contribution in [2.24, 2.45) is 0 Å². The Kier molecular flexibility index (Phi) is 30.8. The lowest BCUT2D eigenvalue weighted by Crippen LogP contribution is -1.10. The Balaban J connectivity index is -0.0000000200. The van der Waals surface area contributed by atoms with E-state index in [9.17, 15) is 0 Å². The molecule has 0 aliphatic heterocycles. The number of hydrogen-bond donors (Lipinski definition) is 0. The van der Waals surface area contributed by atoms with E-state index in [-0.39, 0.29) is 13.8 Å². The van der Waals surface area contributed by atoms with E-state index < -0.39 is 0 Å². The number of halogens is 1. The highest BCUT2D eigenvalue weighted by Crippen LogP contribution is 1.21. The minimum atomic E-state index is 0. The maximum atomic E-state index is 4.60. The van der Waals surface area contributed by atoms with E-state index in [1.807, 2.05) is 0 Å². The van der Waals surface area contributed by atoms with E-state index >= 15 is 0 Å². The van der Waals surface area contributed by atoms with Gasteiger partial charge in [0.25, 0.3) is 0 Å². The highest BCUT2D eigenvalue weighted by Gasteiger charge is 1.09. The molecule has 0 N–H and O–H groups in total. The Morgan fingerprint density at radius 2 is 2.00 bits per heavy atom. The fourth-order valence-corrected chi connectivity index (χ4v) is 0. The van der Waals surface area contributed by atoms with Crippen molar-refractivity contribution in [1.29, 1.82) is 0 Å². The van der Waals surface area contributed by atoms with E-state index in [0.717, 1.165) is 0 Å². The first kappa shape index (κ1) is 9.14. The lowest BCUT2D eigenvalue weighted by molar-refractivity contribution is 1.94. The van der Waals surface area contributed by atoms with Crippen LogP contribution in [0.2, 0.25) is 0 Å². The average molecular weight is 78.5 g/mol. The molecule has 0 heterocycles. The van der Waals surface area contributed by atoms with Gasteiger partial charge in [0.05, 0.1) is 0 Å². The maximum absolute atomic E-state index is 4.60. The van der Waals surface area contributed by atoms with Gasteiger partial charge in [-0.3, -0.25) is 0 Å². The molecule has 0 aliphatic carbocycles. The minimum Gasteiger partial charge on any atom is -0.147 e. The summed E-state index contributed by atoms with van der Waals surface area (Å²) in [6.45, 7) is 1.65. The molecule has 0 aromatic carbocycles. The lowest BCUT2D eigenvalue weighted by atomic mass is 10.9. The molecular weight excluding hydrogens is 71.5 g/mol. The van der Waals surface area contributed by atoms with Crippen LogP contribution in [0.5, 0.6) is 0 Å². The van der Waals surface area contributed by atoms with Crippen molar-refractivity contribution in [1.82, 2.24) is 0 Å². The molecule has 0 amide bonds. The van der Waals surface area contributed by atoms with E-state index in [1.54, 1.807) is 6.92 Å². The van der Waals surface area contributed by atoms with Gasteiger partial charge in [-0.05, 0) is 6.92 Å². The fourth-order valence-electron chi connectivity index (χ4n) is 0. The molecule has 0 saturated heterocycles. The second kappa shape index (κ2) is 13.5. The molecule has 0 radical (unpaired) electrons. The Bertz CT molecular complexity index is 28.4. The van der Waals surface area contributed by atoms with E-state index in [1.165, 1.54) is 0 Å². The van der Waals surface area contributed by atoms with Crippen molar-refractivity contribution in [3.05, 3.63) is 0 Å². The van der Waals surface area contributed by atoms with Crippen molar-refractivity contribution in [3.8, 4) is 12.3 Å². The summed E-state index contributed by atoms with van der Waals surface area (Å²) in [6, 6.07) is 0. The molecule has 0 nitrogen and oxygen atoms in total. The summed E-state index contributed by atoms with van der Waals surface area (Å²) in [7, 11) is 0. The first-order chi connectivity index (χ1) is 1.41. The zero-order valence-corrected chi connectivity index (χ0v) is 3.30. The predicted octanol–water partition coefficient (Wildman–Crippen LogP) is 1.31. The van der Waals surface area contributed by atoms with Gasteiger partial charge in [0.1, 0.15) is 0 Å².